The van der Waals surface area contributed by atoms with Crippen molar-refractivity contribution in [3.05, 3.63) is 77.3 Å². The number of primary sulfonamides is 1. The molecule has 1 aliphatic heterocycles. The van der Waals surface area contributed by atoms with Gasteiger partial charge in [0, 0.05) is 35.2 Å². The first-order valence-corrected chi connectivity index (χ1v) is 11.7. The van der Waals surface area contributed by atoms with E-state index in [1.165, 1.54) is 12.1 Å². The second kappa shape index (κ2) is 8.82. The average molecular weight is 473 g/mol. The van der Waals surface area contributed by atoms with Crippen LogP contribution in [-0.2, 0) is 14.8 Å². The summed E-state index contributed by atoms with van der Waals surface area (Å²) in [7, 11) is -2.20. The highest BCUT2D eigenvalue weighted by Crippen LogP contribution is 2.39. The second-order valence-electron chi connectivity index (χ2n) is 7.40. The van der Waals surface area contributed by atoms with Gasteiger partial charge in [-0.1, -0.05) is 17.7 Å². The Kier molecular flexibility index (Phi) is 6.10. The zero-order chi connectivity index (χ0) is 22.9. The van der Waals surface area contributed by atoms with E-state index < -0.39 is 10.0 Å². The van der Waals surface area contributed by atoms with Crippen molar-refractivity contribution in [3.8, 4) is 17.2 Å². The molecule has 1 heterocycles. The number of sulfonamides is 1. The molecule has 1 atom stereocenters. The van der Waals surface area contributed by atoms with Gasteiger partial charge in [0.1, 0.15) is 17.2 Å². The van der Waals surface area contributed by atoms with E-state index >= 15 is 0 Å². The van der Waals surface area contributed by atoms with Crippen LogP contribution in [0, 0.1) is 0 Å². The van der Waals surface area contributed by atoms with E-state index in [1.54, 1.807) is 60.5 Å². The van der Waals surface area contributed by atoms with E-state index in [2.05, 4.69) is 0 Å². The maximum Gasteiger partial charge on any atom is 0.238 e. The van der Waals surface area contributed by atoms with Crippen molar-refractivity contribution < 1.29 is 22.7 Å². The normalized spacial score (nSPS) is 16.3. The molecule has 32 heavy (non-hydrogen) atoms. The van der Waals surface area contributed by atoms with Gasteiger partial charge in [0.25, 0.3) is 0 Å². The highest BCUT2D eigenvalue weighted by atomic mass is 35.5. The number of carbonyl (C=O) groups is 1. The minimum absolute atomic E-state index is 0.00248. The van der Waals surface area contributed by atoms with Crippen LogP contribution in [0.3, 0.4) is 0 Å². The number of nitrogens with zero attached hydrogens (tertiary/aromatic N) is 1. The molecule has 3 aromatic carbocycles. The maximum atomic E-state index is 12.7. The Balaban J connectivity index is 1.58. The molecule has 4 rings (SSSR count). The molecule has 1 aliphatic rings. The first kappa shape index (κ1) is 22.1. The first-order valence-electron chi connectivity index (χ1n) is 9.79. The van der Waals surface area contributed by atoms with Crippen molar-refractivity contribution in [2.45, 2.75) is 17.2 Å². The van der Waals surface area contributed by atoms with Crippen LogP contribution < -0.4 is 19.5 Å². The van der Waals surface area contributed by atoms with Crippen molar-refractivity contribution in [2.24, 2.45) is 5.14 Å². The number of nitrogens with two attached hydrogens (primary N) is 1. The Bertz CT molecular complexity index is 1240. The molecule has 2 N–H and O–H groups in total. The molecular formula is C23H21ClN2O5S. The lowest BCUT2D eigenvalue weighted by atomic mass is 9.97. The fourth-order valence-corrected chi connectivity index (χ4v) is 4.36. The summed E-state index contributed by atoms with van der Waals surface area (Å²) in [4.78, 5) is 14.4. The lowest BCUT2D eigenvalue weighted by Crippen LogP contribution is -2.24. The van der Waals surface area contributed by atoms with E-state index in [0.29, 0.717) is 34.5 Å². The molecule has 0 radical (unpaired) electrons. The zero-order valence-corrected chi connectivity index (χ0v) is 18.8. The molecule has 0 spiro atoms. The molecule has 0 aromatic heterocycles. The molecule has 3 aromatic rings. The van der Waals surface area contributed by atoms with Crippen LogP contribution in [0.5, 0.6) is 17.2 Å². The zero-order valence-electron chi connectivity index (χ0n) is 17.2. The summed E-state index contributed by atoms with van der Waals surface area (Å²) in [6, 6.07) is 18.5. The van der Waals surface area contributed by atoms with Gasteiger partial charge in [0.15, 0.2) is 0 Å². The third kappa shape index (κ3) is 4.72. The number of benzene rings is 3. The van der Waals surface area contributed by atoms with Gasteiger partial charge < -0.3 is 14.4 Å². The van der Waals surface area contributed by atoms with Crippen molar-refractivity contribution in [2.75, 3.05) is 18.6 Å². The minimum atomic E-state index is -3.79. The smallest absolute Gasteiger partial charge is 0.238 e. The Hall–Kier alpha value is -3.07. The van der Waals surface area contributed by atoms with Crippen molar-refractivity contribution in [3.63, 3.8) is 0 Å². The van der Waals surface area contributed by atoms with Crippen molar-refractivity contribution in [1.82, 2.24) is 0 Å². The lowest BCUT2D eigenvalue weighted by molar-refractivity contribution is -0.117. The number of carbonyl (C=O) groups excluding carboxylic acids is 1. The molecule has 0 saturated carbocycles. The second-order valence-corrected chi connectivity index (χ2v) is 9.40. The largest absolute Gasteiger partial charge is 0.497 e. The number of hydrogen-bond acceptors (Lipinski definition) is 5. The van der Waals surface area contributed by atoms with Crippen LogP contribution in [-0.4, -0.2) is 28.0 Å². The third-order valence-corrected chi connectivity index (χ3v) is 6.47. The van der Waals surface area contributed by atoms with Gasteiger partial charge >= 0.3 is 0 Å². The lowest BCUT2D eigenvalue weighted by Gasteiger charge is -2.19. The van der Waals surface area contributed by atoms with Gasteiger partial charge in [0.2, 0.25) is 15.9 Å². The molecule has 1 saturated heterocycles. The molecular weight excluding hydrogens is 452 g/mol. The summed E-state index contributed by atoms with van der Waals surface area (Å²) in [6.45, 7) is 0.425. The Morgan fingerprint density at radius 2 is 1.66 bits per heavy atom. The maximum absolute atomic E-state index is 12.7. The van der Waals surface area contributed by atoms with Crippen LogP contribution in [0.15, 0.2) is 71.6 Å². The molecule has 1 amide bonds. The minimum Gasteiger partial charge on any atom is -0.497 e. The van der Waals surface area contributed by atoms with Crippen LogP contribution in [0.2, 0.25) is 5.02 Å². The summed E-state index contributed by atoms with van der Waals surface area (Å²) in [6.07, 6.45) is 0.289. The topological polar surface area (TPSA) is 98.9 Å². The average Bonchev–Trinajstić information content (AvgIpc) is 3.15. The molecule has 166 valence electrons. The van der Waals surface area contributed by atoms with Crippen molar-refractivity contribution >= 4 is 33.2 Å². The Morgan fingerprint density at radius 3 is 2.28 bits per heavy atom. The third-order valence-electron chi connectivity index (χ3n) is 5.30. The quantitative estimate of drug-likeness (QED) is 0.576. The molecule has 9 heteroatoms. The van der Waals surface area contributed by atoms with Gasteiger partial charge in [-0.05, 0) is 60.7 Å². The monoisotopic (exact) mass is 472 g/mol. The molecule has 1 unspecified atom stereocenters. The number of rotatable bonds is 6. The SMILES string of the molecule is COc1ccc(Oc2cc(Cl)ccc2C2CC(=O)N(c3ccc(S(N)(=O)=O)cc3)C2)cc1. The molecule has 7 nitrogen and oxygen atoms in total. The summed E-state index contributed by atoms with van der Waals surface area (Å²) < 4.78 is 34.2. The van der Waals surface area contributed by atoms with Gasteiger partial charge in [0.05, 0.1) is 12.0 Å². The summed E-state index contributed by atoms with van der Waals surface area (Å²) >= 11 is 6.21. The van der Waals surface area contributed by atoms with Crippen LogP contribution in [0.4, 0.5) is 5.69 Å². The predicted octanol–water partition coefficient (Wildman–Crippen LogP) is 4.31. The van der Waals surface area contributed by atoms with Gasteiger partial charge in [-0.2, -0.15) is 0 Å². The number of amides is 1. The Morgan fingerprint density at radius 1 is 1.00 bits per heavy atom. The number of halogens is 1. The summed E-state index contributed by atoms with van der Waals surface area (Å²) in [5.41, 5.74) is 1.47. The fraction of sp³-hybridized carbons (Fsp3) is 0.174. The van der Waals surface area contributed by atoms with Crippen LogP contribution in [0.25, 0.3) is 0 Å². The van der Waals surface area contributed by atoms with Crippen LogP contribution >= 0.6 is 11.6 Å². The predicted molar refractivity (Wildman–Crippen MR) is 122 cm³/mol. The first-order chi connectivity index (χ1) is 15.2. The van der Waals surface area contributed by atoms with E-state index in [0.717, 1.165) is 5.56 Å². The van der Waals surface area contributed by atoms with E-state index in [9.17, 15) is 13.2 Å². The van der Waals surface area contributed by atoms with E-state index in [4.69, 9.17) is 26.2 Å². The molecule has 0 aliphatic carbocycles. The number of ether oxygens (including phenoxy) is 2. The molecule has 1 fully saturated rings. The summed E-state index contributed by atoms with van der Waals surface area (Å²) in [5.74, 6) is 1.73. The van der Waals surface area contributed by atoms with Crippen LogP contribution in [0.1, 0.15) is 17.9 Å². The highest BCUT2D eigenvalue weighted by Gasteiger charge is 2.33. The highest BCUT2D eigenvalue weighted by molar-refractivity contribution is 7.89. The molecule has 0 bridgehead atoms. The van der Waals surface area contributed by atoms with E-state index in [-0.39, 0.29) is 23.1 Å². The number of hydrogen-bond donors (Lipinski definition) is 1. The van der Waals surface area contributed by atoms with Gasteiger partial charge in [-0.15, -0.1) is 0 Å². The van der Waals surface area contributed by atoms with Gasteiger partial charge in [-0.25, -0.2) is 13.6 Å². The number of methoxy groups -OCH3 is 1. The Labute approximate surface area is 191 Å². The van der Waals surface area contributed by atoms with E-state index in [1.807, 2.05) is 6.07 Å². The fourth-order valence-electron chi connectivity index (χ4n) is 3.69. The summed E-state index contributed by atoms with van der Waals surface area (Å²) in [5, 5.41) is 5.68. The standard InChI is InChI=1S/C23H21ClN2O5S/c1-30-18-5-7-19(8-6-18)31-22-13-16(24)2-11-21(22)15-12-23(27)26(14-15)17-3-9-20(10-4-17)32(25,28)29/h2-11,13,15H,12,14H2,1H3,(H2,25,28,29). The van der Waals surface area contributed by atoms with Crippen molar-refractivity contribution in [1.29, 1.82) is 0 Å². The van der Waals surface area contributed by atoms with Gasteiger partial charge in [-0.3, -0.25) is 4.79 Å². The number of anilines is 1.